The van der Waals surface area contributed by atoms with E-state index in [9.17, 15) is 0 Å². The van der Waals surface area contributed by atoms with Gasteiger partial charge in [-0.15, -0.1) is 10.2 Å². The van der Waals surface area contributed by atoms with E-state index < -0.39 is 0 Å². The molecule has 0 unspecified atom stereocenters. The predicted octanol–water partition coefficient (Wildman–Crippen LogP) is 3.23. The molecule has 0 atom stereocenters. The summed E-state index contributed by atoms with van der Waals surface area (Å²) >= 11 is 5.23. The molecule has 0 aliphatic heterocycles. The molecule has 0 radical (unpaired) electrons. The number of aromatic nitrogens is 3. The van der Waals surface area contributed by atoms with Crippen molar-refractivity contribution in [2.75, 3.05) is 6.54 Å². The van der Waals surface area contributed by atoms with Crippen molar-refractivity contribution in [3.63, 3.8) is 0 Å². The second-order valence-corrected chi connectivity index (χ2v) is 6.13. The molecule has 2 rings (SSSR count). The zero-order chi connectivity index (χ0) is 13.7. The number of aryl methyl sites for hydroxylation is 1. The molecule has 0 spiro atoms. The summed E-state index contributed by atoms with van der Waals surface area (Å²) < 4.78 is 3.00. The number of halogens is 1. The molecule has 0 saturated heterocycles. The van der Waals surface area contributed by atoms with Gasteiger partial charge in [0.1, 0.15) is 6.33 Å². The molecule has 0 saturated carbocycles. The molecule has 4 nitrogen and oxygen atoms in total. The first kappa shape index (κ1) is 14.6. The second-order valence-electron chi connectivity index (χ2n) is 4.27. The van der Waals surface area contributed by atoms with Gasteiger partial charge in [0, 0.05) is 23.0 Å². The maximum Gasteiger partial charge on any atom is 0.195 e. The lowest BCUT2D eigenvalue weighted by Gasteiger charge is -2.07. The highest BCUT2D eigenvalue weighted by Crippen LogP contribution is 2.32. The van der Waals surface area contributed by atoms with Crippen LogP contribution in [-0.2, 0) is 13.6 Å². The van der Waals surface area contributed by atoms with Gasteiger partial charge in [0.05, 0.1) is 0 Å². The summed E-state index contributed by atoms with van der Waals surface area (Å²) in [7, 11) is 1.94. The molecule has 1 aromatic carbocycles. The zero-order valence-corrected chi connectivity index (χ0v) is 13.5. The quantitative estimate of drug-likeness (QED) is 0.820. The number of nitrogens with zero attached hydrogens (tertiary/aromatic N) is 3. The first-order valence-corrected chi connectivity index (χ1v) is 7.82. The third-order valence-corrected chi connectivity index (χ3v) is 4.67. The van der Waals surface area contributed by atoms with Crippen molar-refractivity contribution >= 4 is 27.7 Å². The summed E-state index contributed by atoms with van der Waals surface area (Å²) in [5.41, 5.74) is 1.28. The van der Waals surface area contributed by atoms with Gasteiger partial charge in [-0.3, -0.25) is 0 Å². The first-order valence-electron chi connectivity index (χ1n) is 6.21. The molecule has 0 aliphatic carbocycles. The Bertz CT molecular complexity index is 541. The first-order chi connectivity index (χ1) is 9.20. The Morgan fingerprint density at radius 1 is 1.42 bits per heavy atom. The highest BCUT2D eigenvalue weighted by Gasteiger charge is 2.07. The van der Waals surface area contributed by atoms with Crippen molar-refractivity contribution in [2.45, 2.75) is 29.9 Å². The Labute approximate surface area is 126 Å². The van der Waals surface area contributed by atoms with Crippen LogP contribution in [0.4, 0.5) is 0 Å². The van der Waals surface area contributed by atoms with Crippen LogP contribution in [0.15, 0.2) is 39.1 Å². The SMILES string of the molecule is CCCNCc1ccc(Sc2nncn2C)c(Br)c1. The molecular formula is C13H17BrN4S. The summed E-state index contributed by atoms with van der Waals surface area (Å²) in [6.45, 7) is 4.12. The van der Waals surface area contributed by atoms with Crippen LogP contribution in [0.25, 0.3) is 0 Å². The third-order valence-electron chi connectivity index (χ3n) is 2.62. The fourth-order valence-electron chi connectivity index (χ4n) is 1.61. The van der Waals surface area contributed by atoms with Gasteiger partial charge in [-0.25, -0.2) is 0 Å². The molecule has 1 N–H and O–H groups in total. The summed E-state index contributed by atoms with van der Waals surface area (Å²) in [4.78, 5) is 1.15. The fourth-order valence-corrected chi connectivity index (χ4v) is 3.05. The molecule has 0 aliphatic rings. The Kier molecular flexibility index (Phi) is 5.42. The Hall–Kier alpha value is -0.850. The van der Waals surface area contributed by atoms with E-state index in [1.165, 1.54) is 5.56 Å². The highest BCUT2D eigenvalue weighted by atomic mass is 79.9. The standard InChI is InChI=1S/C13H17BrN4S/c1-3-6-15-8-10-4-5-12(11(14)7-10)19-13-17-16-9-18(13)2/h4-5,7,9,15H,3,6,8H2,1-2H3. The molecule has 102 valence electrons. The highest BCUT2D eigenvalue weighted by molar-refractivity contribution is 9.10. The molecule has 0 amide bonds. The largest absolute Gasteiger partial charge is 0.313 e. The van der Waals surface area contributed by atoms with Gasteiger partial charge in [-0.1, -0.05) is 13.0 Å². The zero-order valence-electron chi connectivity index (χ0n) is 11.1. The van der Waals surface area contributed by atoms with Crippen LogP contribution < -0.4 is 5.32 Å². The van der Waals surface area contributed by atoms with E-state index in [0.29, 0.717) is 0 Å². The normalized spacial score (nSPS) is 10.9. The van der Waals surface area contributed by atoms with Crippen molar-refractivity contribution in [3.05, 3.63) is 34.6 Å². The fraction of sp³-hybridized carbons (Fsp3) is 0.385. The Balaban J connectivity index is 2.05. The molecule has 19 heavy (non-hydrogen) atoms. The molecule has 6 heteroatoms. The van der Waals surface area contributed by atoms with Gasteiger partial charge in [0.2, 0.25) is 0 Å². The van der Waals surface area contributed by atoms with E-state index in [1.54, 1.807) is 18.1 Å². The number of hydrogen-bond acceptors (Lipinski definition) is 4. The third kappa shape index (κ3) is 4.06. The van der Waals surface area contributed by atoms with Gasteiger partial charge in [-0.2, -0.15) is 0 Å². The summed E-state index contributed by atoms with van der Waals surface area (Å²) in [5, 5.41) is 12.2. The Morgan fingerprint density at radius 3 is 2.89 bits per heavy atom. The number of benzene rings is 1. The molecular weight excluding hydrogens is 324 g/mol. The number of hydrogen-bond donors (Lipinski definition) is 1. The van der Waals surface area contributed by atoms with Crippen LogP contribution in [-0.4, -0.2) is 21.3 Å². The van der Waals surface area contributed by atoms with Crippen molar-refractivity contribution in [2.24, 2.45) is 7.05 Å². The van der Waals surface area contributed by atoms with Crippen LogP contribution in [0.1, 0.15) is 18.9 Å². The minimum atomic E-state index is 0.887. The van der Waals surface area contributed by atoms with Gasteiger partial charge in [0.15, 0.2) is 5.16 Å². The van der Waals surface area contributed by atoms with Gasteiger partial charge in [-0.05, 0) is 58.4 Å². The van der Waals surface area contributed by atoms with E-state index in [0.717, 1.165) is 34.0 Å². The molecule has 0 bridgehead atoms. The predicted molar refractivity (Wildman–Crippen MR) is 81.3 cm³/mol. The van der Waals surface area contributed by atoms with Crippen LogP contribution in [0.3, 0.4) is 0 Å². The maximum atomic E-state index is 4.08. The van der Waals surface area contributed by atoms with E-state index in [2.05, 4.69) is 56.6 Å². The average Bonchev–Trinajstić information content (AvgIpc) is 2.79. The smallest absolute Gasteiger partial charge is 0.195 e. The minimum absolute atomic E-state index is 0.887. The van der Waals surface area contributed by atoms with Crippen LogP contribution in [0.2, 0.25) is 0 Å². The van der Waals surface area contributed by atoms with Crippen LogP contribution >= 0.6 is 27.7 Å². The number of nitrogens with one attached hydrogen (secondary N) is 1. The lowest BCUT2D eigenvalue weighted by Crippen LogP contribution is -2.13. The van der Waals surface area contributed by atoms with E-state index in [-0.39, 0.29) is 0 Å². The summed E-state index contributed by atoms with van der Waals surface area (Å²) in [6, 6.07) is 6.42. The number of rotatable bonds is 6. The molecule has 1 aromatic heterocycles. The van der Waals surface area contributed by atoms with Crippen molar-refractivity contribution < 1.29 is 0 Å². The minimum Gasteiger partial charge on any atom is -0.313 e. The van der Waals surface area contributed by atoms with E-state index in [1.807, 2.05) is 11.6 Å². The molecule has 2 aromatic rings. The van der Waals surface area contributed by atoms with Crippen LogP contribution in [0, 0.1) is 0 Å². The van der Waals surface area contributed by atoms with Crippen LogP contribution in [0.5, 0.6) is 0 Å². The summed E-state index contributed by atoms with van der Waals surface area (Å²) in [6.07, 6.45) is 2.86. The van der Waals surface area contributed by atoms with Crippen molar-refractivity contribution in [3.8, 4) is 0 Å². The second kappa shape index (κ2) is 7.07. The van der Waals surface area contributed by atoms with Crippen molar-refractivity contribution in [1.82, 2.24) is 20.1 Å². The topological polar surface area (TPSA) is 42.7 Å². The Morgan fingerprint density at radius 2 is 2.26 bits per heavy atom. The molecule has 0 fully saturated rings. The van der Waals surface area contributed by atoms with E-state index in [4.69, 9.17) is 0 Å². The summed E-state index contributed by atoms with van der Waals surface area (Å²) in [5.74, 6) is 0. The lowest BCUT2D eigenvalue weighted by molar-refractivity contribution is 0.675. The van der Waals surface area contributed by atoms with Gasteiger partial charge >= 0.3 is 0 Å². The van der Waals surface area contributed by atoms with Crippen molar-refractivity contribution in [1.29, 1.82) is 0 Å². The maximum absolute atomic E-state index is 4.08. The van der Waals surface area contributed by atoms with Gasteiger partial charge < -0.3 is 9.88 Å². The molecule has 1 heterocycles. The van der Waals surface area contributed by atoms with E-state index >= 15 is 0 Å². The average molecular weight is 341 g/mol. The lowest BCUT2D eigenvalue weighted by atomic mass is 10.2. The monoisotopic (exact) mass is 340 g/mol. The van der Waals surface area contributed by atoms with Gasteiger partial charge in [0.25, 0.3) is 0 Å².